The molecule has 29 heavy (non-hydrogen) atoms. The van der Waals surface area contributed by atoms with Crippen LogP contribution in [0.3, 0.4) is 0 Å². The van der Waals surface area contributed by atoms with E-state index in [1.807, 2.05) is 20.8 Å². The van der Waals surface area contributed by atoms with Crippen molar-refractivity contribution in [2.24, 2.45) is 5.92 Å². The van der Waals surface area contributed by atoms with Crippen molar-refractivity contribution in [2.45, 2.75) is 26.5 Å². The Labute approximate surface area is 170 Å². The van der Waals surface area contributed by atoms with Crippen molar-refractivity contribution >= 4 is 21.4 Å². The maximum atomic E-state index is 12.3. The third-order valence-electron chi connectivity index (χ3n) is 3.68. The van der Waals surface area contributed by atoms with E-state index in [4.69, 9.17) is 9.47 Å². The molecule has 2 aromatic rings. The van der Waals surface area contributed by atoms with Gasteiger partial charge in [-0.05, 0) is 37.1 Å². The summed E-state index contributed by atoms with van der Waals surface area (Å²) in [5.74, 6) is -0.773. The van der Waals surface area contributed by atoms with E-state index >= 15 is 0 Å². The molecule has 0 aliphatic rings. The molecule has 2 rings (SSSR count). The molecule has 1 aromatic carbocycles. The van der Waals surface area contributed by atoms with E-state index in [9.17, 15) is 18.0 Å². The van der Waals surface area contributed by atoms with Gasteiger partial charge in [0.05, 0.1) is 19.0 Å². The number of nitrogens with one attached hydrogen (secondary N) is 2. The van der Waals surface area contributed by atoms with Crippen molar-refractivity contribution in [1.82, 2.24) is 4.98 Å². The number of aromatic nitrogens is 1. The van der Waals surface area contributed by atoms with Crippen LogP contribution in [0, 0.1) is 5.92 Å². The molecule has 0 unspecified atom stereocenters. The van der Waals surface area contributed by atoms with Crippen LogP contribution >= 0.6 is 0 Å². The normalized spacial score (nSPS) is 11.3. The summed E-state index contributed by atoms with van der Waals surface area (Å²) < 4.78 is 35.3. The summed E-state index contributed by atoms with van der Waals surface area (Å²) in [5, 5.41) is 2.54. The number of amides is 1. The smallest absolute Gasteiger partial charge is 0.239 e. The first kappa shape index (κ1) is 22.5. The van der Waals surface area contributed by atoms with Crippen LogP contribution in [0.5, 0.6) is 11.5 Å². The lowest BCUT2D eigenvalue weighted by Crippen LogP contribution is -2.24. The van der Waals surface area contributed by atoms with Gasteiger partial charge in [-0.1, -0.05) is 13.8 Å². The standard InChI is InChI=1S/C20H26N2O6S/c1-4-27-17-7-5-15(6-8-17)22-20(24)13-29(25,26)12-16-9-18(23)19(10-21-16)28-11-14(2)3/h5-10,14H,4,11-13H2,1-3H3,(H,21,23)(H,22,24). The third-order valence-corrected chi connectivity index (χ3v) is 5.14. The molecule has 8 nitrogen and oxygen atoms in total. The minimum atomic E-state index is -3.77. The molecule has 0 bridgehead atoms. The minimum absolute atomic E-state index is 0.132. The van der Waals surface area contributed by atoms with E-state index in [-0.39, 0.29) is 17.4 Å². The molecule has 1 heterocycles. The van der Waals surface area contributed by atoms with Gasteiger partial charge in [0.25, 0.3) is 0 Å². The van der Waals surface area contributed by atoms with Crippen molar-refractivity contribution in [3.8, 4) is 11.5 Å². The quantitative estimate of drug-likeness (QED) is 0.607. The Balaban J connectivity index is 1.95. The molecule has 9 heteroatoms. The number of rotatable bonds is 10. The van der Waals surface area contributed by atoms with Crippen molar-refractivity contribution in [1.29, 1.82) is 0 Å². The van der Waals surface area contributed by atoms with Gasteiger partial charge in [0.15, 0.2) is 15.6 Å². The van der Waals surface area contributed by atoms with Gasteiger partial charge in [-0.15, -0.1) is 0 Å². The molecule has 0 saturated heterocycles. The fourth-order valence-corrected chi connectivity index (χ4v) is 3.65. The van der Waals surface area contributed by atoms with Gasteiger partial charge in [0.2, 0.25) is 11.3 Å². The lowest BCUT2D eigenvalue weighted by atomic mass is 10.2. The predicted octanol–water partition coefficient (Wildman–Crippen LogP) is 2.36. The van der Waals surface area contributed by atoms with E-state index in [1.54, 1.807) is 24.3 Å². The summed E-state index contributed by atoms with van der Waals surface area (Å²) in [5.41, 5.74) is 0.253. The highest BCUT2D eigenvalue weighted by Gasteiger charge is 2.19. The Hall–Kier alpha value is -2.81. The zero-order chi connectivity index (χ0) is 21.4. The highest BCUT2D eigenvalue weighted by Crippen LogP contribution is 2.16. The number of sulfone groups is 1. The van der Waals surface area contributed by atoms with Crippen molar-refractivity contribution < 1.29 is 22.7 Å². The second-order valence-corrected chi connectivity index (χ2v) is 8.99. The molecule has 0 saturated carbocycles. The van der Waals surface area contributed by atoms with Gasteiger partial charge in [-0.25, -0.2) is 8.42 Å². The number of carbonyl (C=O) groups is 1. The van der Waals surface area contributed by atoms with Crippen LogP contribution in [-0.4, -0.2) is 38.3 Å². The molecule has 158 valence electrons. The Morgan fingerprint density at radius 2 is 1.86 bits per heavy atom. The van der Waals surface area contributed by atoms with Crippen LogP contribution in [0.25, 0.3) is 0 Å². The molecule has 1 amide bonds. The van der Waals surface area contributed by atoms with Gasteiger partial charge < -0.3 is 19.8 Å². The van der Waals surface area contributed by atoms with Crippen LogP contribution in [0.15, 0.2) is 41.3 Å². The zero-order valence-electron chi connectivity index (χ0n) is 16.7. The average molecular weight is 423 g/mol. The van der Waals surface area contributed by atoms with Gasteiger partial charge in [-0.2, -0.15) is 0 Å². The number of hydrogen-bond donors (Lipinski definition) is 2. The van der Waals surface area contributed by atoms with Crippen molar-refractivity contribution in [3.05, 3.63) is 52.4 Å². The summed E-state index contributed by atoms with van der Waals surface area (Å²) in [6.45, 7) is 6.67. The fourth-order valence-electron chi connectivity index (χ4n) is 2.44. The molecular formula is C20H26N2O6S. The van der Waals surface area contributed by atoms with Crippen LogP contribution in [-0.2, 0) is 20.4 Å². The highest BCUT2D eigenvalue weighted by molar-refractivity contribution is 7.91. The Kier molecular flexibility index (Phi) is 7.83. The number of anilines is 1. The van der Waals surface area contributed by atoms with Crippen LogP contribution in [0.2, 0.25) is 0 Å². The van der Waals surface area contributed by atoms with E-state index in [0.717, 1.165) is 0 Å². The summed E-state index contributed by atoms with van der Waals surface area (Å²) in [7, 11) is -3.77. The first-order valence-electron chi connectivity index (χ1n) is 9.26. The number of hydrogen-bond acceptors (Lipinski definition) is 6. The number of pyridine rings is 1. The van der Waals surface area contributed by atoms with E-state index < -0.39 is 32.7 Å². The zero-order valence-corrected chi connectivity index (χ0v) is 17.5. The Morgan fingerprint density at radius 3 is 2.45 bits per heavy atom. The second kappa shape index (κ2) is 10.1. The van der Waals surface area contributed by atoms with E-state index in [0.29, 0.717) is 24.7 Å². The average Bonchev–Trinajstić information content (AvgIpc) is 2.62. The lowest BCUT2D eigenvalue weighted by molar-refractivity contribution is -0.113. The topological polar surface area (TPSA) is 115 Å². The van der Waals surface area contributed by atoms with Crippen LogP contribution in [0.1, 0.15) is 26.5 Å². The summed E-state index contributed by atoms with van der Waals surface area (Å²) >= 11 is 0. The Bertz CT molecular complexity index is 981. The van der Waals surface area contributed by atoms with Crippen LogP contribution < -0.4 is 20.2 Å². The minimum Gasteiger partial charge on any atom is -0.494 e. The number of carbonyl (C=O) groups excluding carboxylic acids is 1. The van der Waals surface area contributed by atoms with Gasteiger partial charge in [0, 0.05) is 23.6 Å². The number of ether oxygens (including phenoxy) is 2. The van der Waals surface area contributed by atoms with Gasteiger partial charge >= 0.3 is 0 Å². The van der Waals surface area contributed by atoms with Crippen molar-refractivity contribution in [2.75, 3.05) is 24.3 Å². The summed E-state index contributed by atoms with van der Waals surface area (Å²) in [6.07, 6.45) is 1.34. The molecule has 0 aliphatic heterocycles. The molecule has 0 radical (unpaired) electrons. The van der Waals surface area contributed by atoms with Gasteiger partial charge in [-0.3, -0.25) is 9.59 Å². The van der Waals surface area contributed by atoms with E-state index in [1.165, 1.54) is 12.3 Å². The lowest BCUT2D eigenvalue weighted by Gasteiger charge is -2.10. The fraction of sp³-hybridized carbons (Fsp3) is 0.400. The Morgan fingerprint density at radius 1 is 1.17 bits per heavy atom. The molecule has 1 aromatic heterocycles. The molecule has 0 atom stereocenters. The SMILES string of the molecule is CCOc1ccc(NC(=O)CS(=O)(=O)Cc2cc(=O)c(OCC(C)C)c[nH]2)cc1. The molecule has 2 N–H and O–H groups in total. The van der Waals surface area contributed by atoms with E-state index in [2.05, 4.69) is 10.3 Å². The highest BCUT2D eigenvalue weighted by atomic mass is 32.2. The molecular weight excluding hydrogens is 396 g/mol. The first-order chi connectivity index (χ1) is 13.7. The largest absolute Gasteiger partial charge is 0.494 e. The second-order valence-electron chi connectivity index (χ2n) is 6.93. The van der Waals surface area contributed by atoms with Gasteiger partial charge in [0.1, 0.15) is 11.5 Å². The number of H-pyrrole nitrogens is 1. The number of aromatic amines is 1. The summed E-state index contributed by atoms with van der Waals surface area (Å²) in [4.78, 5) is 26.9. The summed E-state index contributed by atoms with van der Waals surface area (Å²) in [6, 6.07) is 7.80. The molecule has 0 aliphatic carbocycles. The molecule has 0 spiro atoms. The maximum Gasteiger partial charge on any atom is 0.239 e. The first-order valence-corrected chi connectivity index (χ1v) is 11.1. The maximum absolute atomic E-state index is 12.3. The monoisotopic (exact) mass is 422 g/mol. The van der Waals surface area contributed by atoms with Crippen molar-refractivity contribution in [3.63, 3.8) is 0 Å². The third kappa shape index (κ3) is 7.61. The molecule has 0 fully saturated rings. The van der Waals surface area contributed by atoms with Crippen LogP contribution in [0.4, 0.5) is 5.69 Å². The number of benzene rings is 1. The predicted molar refractivity (Wildman–Crippen MR) is 111 cm³/mol.